The van der Waals surface area contributed by atoms with Crippen LogP contribution in [0.4, 0.5) is 0 Å². The van der Waals surface area contributed by atoms with E-state index in [2.05, 4.69) is 68.0 Å². The second kappa shape index (κ2) is 10.6. The molecule has 0 unspecified atom stereocenters. The van der Waals surface area contributed by atoms with Crippen LogP contribution in [0.1, 0.15) is 73.6 Å². The molecule has 7 nitrogen and oxygen atoms in total. The largest absolute Gasteiger partial charge is 0.511 e. The fourth-order valence-electron chi connectivity index (χ4n) is 7.07. The first-order chi connectivity index (χ1) is 20.1. The first-order valence-corrected chi connectivity index (χ1v) is 15.6. The smallest absolute Gasteiger partial charge is 0.305 e. The second-order valence-electron chi connectivity index (χ2n) is 11.7. The molecule has 218 valence electrons. The summed E-state index contributed by atoms with van der Waals surface area (Å²) in [7, 11) is 1.43. The minimum absolute atomic E-state index is 0.0145. The summed E-state index contributed by atoms with van der Waals surface area (Å²) in [6, 6.07) is 0. The lowest BCUT2D eigenvalue weighted by Crippen LogP contribution is -2.16. The standard InChI is InChI=1S/C34H37BrN4O3/c1-8-19-15(3)23-13-26-20(9-2)16(4)31(38-26)30(35)32-17(5)21(10-11-28(41)42-7)33(39-32)22-12-27(40)29-18(6)24(37-34(22)29)14-25(19)36-23/h13-14,17,21,39-40H,8-12H2,1-7H3/t17-,21-/m0/s1. The average molecular weight is 630 g/mol. The van der Waals surface area contributed by atoms with Crippen LogP contribution in [0.3, 0.4) is 0 Å². The maximum atomic E-state index is 12.2. The molecule has 0 spiro atoms. The van der Waals surface area contributed by atoms with E-state index in [1.165, 1.54) is 18.3 Å². The number of fused-ring (bicyclic) bond motifs is 5. The zero-order chi connectivity index (χ0) is 30.0. The summed E-state index contributed by atoms with van der Waals surface area (Å²) in [5.41, 5.74) is 14.8. The molecule has 8 bridgehead atoms. The minimum Gasteiger partial charge on any atom is -0.511 e. The molecular formula is C34H37BrN4O3. The first-order valence-electron chi connectivity index (χ1n) is 14.8. The van der Waals surface area contributed by atoms with Gasteiger partial charge in [0.1, 0.15) is 5.76 Å². The highest BCUT2D eigenvalue weighted by Crippen LogP contribution is 2.48. The lowest BCUT2D eigenvalue weighted by molar-refractivity contribution is -0.140. The Balaban J connectivity index is 1.62. The van der Waals surface area contributed by atoms with Crippen LogP contribution < -0.4 is 5.32 Å². The van der Waals surface area contributed by atoms with Crippen molar-refractivity contribution in [2.75, 3.05) is 7.11 Å². The third-order valence-electron chi connectivity index (χ3n) is 9.49. The molecule has 1 saturated heterocycles. The van der Waals surface area contributed by atoms with Gasteiger partial charge in [0.15, 0.2) is 0 Å². The molecule has 1 fully saturated rings. The number of rotatable bonds is 5. The van der Waals surface area contributed by atoms with Gasteiger partial charge < -0.3 is 15.2 Å². The van der Waals surface area contributed by atoms with Crippen molar-refractivity contribution < 1.29 is 14.6 Å². The van der Waals surface area contributed by atoms with Crippen molar-refractivity contribution in [3.8, 4) is 0 Å². The number of methoxy groups -OCH3 is 1. The van der Waals surface area contributed by atoms with Gasteiger partial charge in [-0.3, -0.25) is 4.79 Å². The fourth-order valence-corrected chi connectivity index (χ4v) is 7.92. The number of esters is 1. The van der Waals surface area contributed by atoms with E-state index in [1.54, 1.807) is 0 Å². The van der Waals surface area contributed by atoms with E-state index < -0.39 is 0 Å². The molecule has 5 heterocycles. The zero-order valence-corrected chi connectivity index (χ0v) is 26.9. The number of aliphatic imine (C=N–C) groups is 3. The highest BCUT2D eigenvalue weighted by Gasteiger charge is 2.42. The van der Waals surface area contributed by atoms with Crippen molar-refractivity contribution in [2.24, 2.45) is 26.8 Å². The molecular weight excluding hydrogens is 592 g/mol. The number of hydrogen-bond donors (Lipinski definition) is 2. The Morgan fingerprint density at radius 2 is 1.69 bits per heavy atom. The van der Waals surface area contributed by atoms with Crippen LogP contribution in [0.25, 0.3) is 0 Å². The Kier molecular flexibility index (Phi) is 7.24. The van der Waals surface area contributed by atoms with Gasteiger partial charge in [0.05, 0.1) is 45.8 Å². The van der Waals surface area contributed by atoms with Gasteiger partial charge >= 0.3 is 5.97 Å². The molecule has 0 amide bonds. The Hall–Kier alpha value is -3.52. The van der Waals surface area contributed by atoms with E-state index in [4.69, 9.17) is 19.7 Å². The molecule has 6 rings (SSSR count). The van der Waals surface area contributed by atoms with Gasteiger partial charge in [-0.2, -0.15) is 0 Å². The van der Waals surface area contributed by atoms with Gasteiger partial charge in [0.2, 0.25) is 0 Å². The Morgan fingerprint density at radius 1 is 1.00 bits per heavy atom. The first kappa shape index (κ1) is 28.6. The molecule has 42 heavy (non-hydrogen) atoms. The number of carbonyl (C=O) groups is 1. The lowest BCUT2D eigenvalue weighted by Gasteiger charge is -2.17. The quantitative estimate of drug-likeness (QED) is 0.304. The third-order valence-corrected chi connectivity index (χ3v) is 10.3. The Bertz CT molecular complexity index is 1700. The summed E-state index contributed by atoms with van der Waals surface area (Å²) in [6.07, 6.45) is 7.22. The summed E-state index contributed by atoms with van der Waals surface area (Å²) < 4.78 is 5.91. The summed E-state index contributed by atoms with van der Waals surface area (Å²) in [5, 5.41) is 15.0. The number of aliphatic hydroxyl groups excluding tert-OH is 1. The molecule has 2 N–H and O–H groups in total. The van der Waals surface area contributed by atoms with Crippen molar-refractivity contribution in [3.63, 3.8) is 0 Å². The average Bonchev–Trinajstić information content (AvgIpc) is 3.72. The number of aliphatic hydroxyl groups is 1. The van der Waals surface area contributed by atoms with Gasteiger partial charge in [-0.1, -0.05) is 20.8 Å². The van der Waals surface area contributed by atoms with Crippen molar-refractivity contribution in [3.05, 3.63) is 89.9 Å². The number of carbonyl (C=O) groups excluding carboxylic acids is 1. The summed E-state index contributed by atoms with van der Waals surface area (Å²) >= 11 is 3.96. The van der Waals surface area contributed by atoms with E-state index in [-0.39, 0.29) is 17.8 Å². The monoisotopic (exact) mass is 628 g/mol. The van der Waals surface area contributed by atoms with E-state index in [0.717, 1.165) is 90.8 Å². The second-order valence-corrected chi connectivity index (χ2v) is 12.4. The van der Waals surface area contributed by atoms with Gasteiger partial charge in [-0.15, -0.1) is 0 Å². The zero-order valence-electron chi connectivity index (χ0n) is 25.3. The van der Waals surface area contributed by atoms with Crippen LogP contribution in [0, 0.1) is 11.8 Å². The molecule has 5 aliphatic heterocycles. The Labute approximate surface area is 255 Å². The maximum Gasteiger partial charge on any atom is 0.305 e. The van der Waals surface area contributed by atoms with E-state index in [1.807, 2.05) is 6.92 Å². The number of halogens is 1. The molecule has 2 atom stereocenters. The molecule has 0 radical (unpaired) electrons. The van der Waals surface area contributed by atoms with Crippen LogP contribution in [0.5, 0.6) is 0 Å². The number of hydrogen-bond acceptors (Lipinski definition) is 7. The van der Waals surface area contributed by atoms with Crippen LogP contribution in [0.15, 0.2) is 105 Å². The van der Waals surface area contributed by atoms with Crippen molar-refractivity contribution in [1.82, 2.24) is 5.32 Å². The summed E-state index contributed by atoms with van der Waals surface area (Å²) in [4.78, 5) is 27.6. The van der Waals surface area contributed by atoms with Crippen LogP contribution >= 0.6 is 15.9 Å². The molecule has 0 aromatic carbocycles. The number of ether oxygens (including phenoxy) is 1. The normalized spacial score (nSPS) is 25.0. The number of nitrogens with one attached hydrogen (secondary N) is 1. The van der Waals surface area contributed by atoms with Crippen LogP contribution in [-0.2, 0) is 9.53 Å². The molecule has 1 aliphatic carbocycles. The van der Waals surface area contributed by atoms with Crippen molar-refractivity contribution in [2.45, 2.75) is 73.6 Å². The lowest BCUT2D eigenvalue weighted by atomic mass is 9.86. The van der Waals surface area contributed by atoms with Crippen LogP contribution in [0.2, 0.25) is 0 Å². The van der Waals surface area contributed by atoms with Crippen molar-refractivity contribution >= 4 is 39.0 Å². The highest BCUT2D eigenvalue weighted by atomic mass is 79.9. The predicted octanol–water partition coefficient (Wildman–Crippen LogP) is 7.74. The molecule has 0 aromatic rings. The van der Waals surface area contributed by atoms with E-state index >= 15 is 0 Å². The Morgan fingerprint density at radius 3 is 2.38 bits per heavy atom. The van der Waals surface area contributed by atoms with Crippen LogP contribution in [-0.4, -0.2) is 35.3 Å². The summed E-state index contributed by atoms with van der Waals surface area (Å²) in [6.45, 7) is 12.8. The molecule has 0 saturated carbocycles. The van der Waals surface area contributed by atoms with Gasteiger partial charge in [-0.05, 0) is 96.0 Å². The van der Waals surface area contributed by atoms with Gasteiger partial charge in [0.25, 0.3) is 0 Å². The SMILES string of the molecule is CCC1=C(C)C2=NC1=CC1=C(C)C3=C(O)CC(=C4NC(=C(Br)C5=NC(=C2)C(CC)=C5C)[C@@H](C)[C@@H]4CCC(=O)OC)C3=N1. The summed E-state index contributed by atoms with van der Waals surface area (Å²) in [5.74, 6) is 0.183. The molecule has 8 heteroatoms. The van der Waals surface area contributed by atoms with Crippen molar-refractivity contribution in [1.29, 1.82) is 0 Å². The molecule has 0 aromatic heterocycles. The topological polar surface area (TPSA) is 95.6 Å². The maximum absolute atomic E-state index is 12.2. The fraction of sp³-hybridized carbons (Fsp3) is 0.412. The van der Waals surface area contributed by atoms with E-state index in [0.29, 0.717) is 25.0 Å². The van der Waals surface area contributed by atoms with Gasteiger partial charge in [-0.25, -0.2) is 15.0 Å². The number of allylic oxidation sites excluding steroid dienone is 12. The van der Waals surface area contributed by atoms with Gasteiger partial charge in [0, 0.05) is 47.2 Å². The van der Waals surface area contributed by atoms with E-state index in [9.17, 15) is 9.90 Å². The molecule has 6 aliphatic rings. The minimum atomic E-state index is -0.230. The highest BCUT2D eigenvalue weighted by molar-refractivity contribution is 9.12. The predicted molar refractivity (Wildman–Crippen MR) is 171 cm³/mol. The number of nitrogens with zero attached hydrogens (tertiary/aromatic N) is 3. The third kappa shape index (κ3) is 4.29.